The van der Waals surface area contributed by atoms with Crippen LogP contribution in [0.15, 0.2) is 0 Å². The molecular weight excluding hydrogens is 320 g/mol. The van der Waals surface area contributed by atoms with Crippen LogP contribution >= 0.6 is 0 Å². The lowest BCUT2D eigenvalue weighted by Crippen LogP contribution is -2.31. The van der Waals surface area contributed by atoms with E-state index in [0.29, 0.717) is 0 Å². The van der Waals surface area contributed by atoms with Crippen LogP contribution < -0.4 is 0 Å². The Morgan fingerprint density at radius 3 is 2.12 bits per heavy atom. The van der Waals surface area contributed by atoms with Crippen LogP contribution in [0.1, 0.15) is 58.3 Å². The SMILES string of the molecule is CCCCCCCCC(=O)OCC(O)COC(=O)C(O)CC(=O)O. The minimum Gasteiger partial charge on any atom is -0.481 e. The molecule has 0 bridgehead atoms. The van der Waals surface area contributed by atoms with Crippen molar-refractivity contribution in [1.29, 1.82) is 0 Å². The molecule has 0 aromatic rings. The Morgan fingerprint density at radius 2 is 1.50 bits per heavy atom. The average molecular weight is 348 g/mol. The third-order valence-electron chi connectivity index (χ3n) is 3.23. The van der Waals surface area contributed by atoms with Gasteiger partial charge in [0, 0.05) is 6.42 Å². The molecule has 0 aliphatic heterocycles. The van der Waals surface area contributed by atoms with Gasteiger partial charge < -0.3 is 24.8 Å². The van der Waals surface area contributed by atoms with Crippen molar-refractivity contribution in [2.75, 3.05) is 13.2 Å². The Bertz CT molecular complexity index is 382. The number of hydrogen-bond acceptors (Lipinski definition) is 7. The molecule has 8 nitrogen and oxygen atoms in total. The first-order valence-electron chi connectivity index (χ1n) is 8.27. The number of unbranched alkanes of at least 4 members (excludes halogenated alkanes) is 5. The standard InChI is InChI=1S/C16H28O8/c1-2-3-4-5-6-7-8-15(21)23-10-12(17)11-24-16(22)13(18)9-14(19)20/h12-13,17-18H,2-11H2,1H3,(H,19,20). The lowest BCUT2D eigenvalue weighted by atomic mass is 10.1. The normalized spacial score (nSPS) is 13.1. The zero-order chi connectivity index (χ0) is 18.4. The van der Waals surface area contributed by atoms with Crippen molar-refractivity contribution in [2.24, 2.45) is 0 Å². The van der Waals surface area contributed by atoms with Gasteiger partial charge >= 0.3 is 17.9 Å². The van der Waals surface area contributed by atoms with Gasteiger partial charge in [0.05, 0.1) is 6.42 Å². The molecule has 0 heterocycles. The fourth-order valence-electron chi connectivity index (χ4n) is 1.88. The highest BCUT2D eigenvalue weighted by Gasteiger charge is 2.21. The maximum atomic E-state index is 11.5. The molecule has 2 atom stereocenters. The molecule has 0 aromatic carbocycles. The molecule has 0 fully saturated rings. The number of rotatable bonds is 14. The van der Waals surface area contributed by atoms with Gasteiger partial charge in [-0.05, 0) is 6.42 Å². The third-order valence-corrected chi connectivity index (χ3v) is 3.23. The van der Waals surface area contributed by atoms with Crippen LogP contribution in [0, 0.1) is 0 Å². The van der Waals surface area contributed by atoms with Crippen LogP contribution in [0.4, 0.5) is 0 Å². The van der Waals surface area contributed by atoms with Crippen LogP contribution in [0.5, 0.6) is 0 Å². The van der Waals surface area contributed by atoms with E-state index in [-0.39, 0.29) is 13.0 Å². The van der Waals surface area contributed by atoms with Crippen LogP contribution in [-0.2, 0) is 23.9 Å². The van der Waals surface area contributed by atoms with E-state index in [4.69, 9.17) is 9.84 Å². The summed E-state index contributed by atoms with van der Waals surface area (Å²) in [5, 5.41) is 27.1. The quantitative estimate of drug-likeness (QED) is 0.313. The van der Waals surface area contributed by atoms with Gasteiger partial charge in [0.1, 0.15) is 19.3 Å². The zero-order valence-corrected chi connectivity index (χ0v) is 14.1. The van der Waals surface area contributed by atoms with Gasteiger partial charge in [-0.1, -0.05) is 39.0 Å². The molecule has 0 saturated carbocycles. The number of carboxylic acids is 1. The van der Waals surface area contributed by atoms with E-state index in [1.54, 1.807) is 0 Å². The van der Waals surface area contributed by atoms with Gasteiger partial charge in [-0.25, -0.2) is 4.79 Å². The van der Waals surface area contributed by atoms with Crippen molar-refractivity contribution in [3.05, 3.63) is 0 Å². The number of aliphatic hydroxyl groups excluding tert-OH is 2. The van der Waals surface area contributed by atoms with Crippen molar-refractivity contribution in [3.63, 3.8) is 0 Å². The molecule has 140 valence electrons. The summed E-state index contributed by atoms with van der Waals surface area (Å²) in [7, 11) is 0. The van der Waals surface area contributed by atoms with Crippen molar-refractivity contribution in [2.45, 2.75) is 70.5 Å². The first kappa shape index (κ1) is 22.3. The van der Waals surface area contributed by atoms with Gasteiger partial charge in [0.15, 0.2) is 6.10 Å². The summed E-state index contributed by atoms with van der Waals surface area (Å²) >= 11 is 0. The topological polar surface area (TPSA) is 130 Å². The van der Waals surface area contributed by atoms with E-state index in [0.717, 1.165) is 32.1 Å². The lowest BCUT2D eigenvalue weighted by molar-refractivity contribution is -0.162. The highest BCUT2D eigenvalue weighted by atomic mass is 16.6. The van der Waals surface area contributed by atoms with Crippen molar-refractivity contribution in [3.8, 4) is 0 Å². The van der Waals surface area contributed by atoms with Crippen LogP contribution in [0.25, 0.3) is 0 Å². The number of aliphatic carboxylic acids is 1. The third kappa shape index (κ3) is 12.8. The number of hydrogen-bond donors (Lipinski definition) is 3. The van der Waals surface area contributed by atoms with E-state index < -0.39 is 43.1 Å². The zero-order valence-electron chi connectivity index (χ0n) is 14.1. The Morgan fingerprint density at radius 1 is 0.917 bits per heavy atom. The van der Waals surface area contributed by atoms with Crippen LogP contribution in [-0.4, -0.2) is 58.6 Å². The molecule has 0 aliphatic carbocycles. The van der Waals surface area contributed by atoms with Crippen LogP contribution in [0.2, 0.25) is 0 Å². The van der Waals surface area contributed by atoms with Gasteiger partial charge in [0.2, 0.25) is 0 Å². The Labute approximate surface area is 141 Å². The van der Waals surface area contributed by atoms with E-state index >= 15 is 0 Å². The van der Waals surface area contributed by atoms with Gasteiger partial charge in [-0.3, -0.25) is 9.59 Å². The Balaban J connectivity index is 3.70. The molecule has 2 unspecified atom stereocenters. The molecule has 0 radical (unpaired) electrons. The van der Waals surface area contributed by atoms with Gasteiger partial charge in [0.25, 0.3) is 0 Å². The number of carbonyl (C=O) groups excluding carboxylic acids is 2. The number of esters is 2. The second-order valence-electron chi connectivity index (χ2n) is 5.60. The van der Waals surface area contributed by atoms with E-state index in [9.17, 15) is 24.6 Å². The minimum absolute atomic E-state index is 0.274. The molecule has 0 aromatic heterocycles. The van der Waals surface area contributed by atoms with Gasteiger partial charge in [-0.15, -0.1) is 0 Å². The lowest BCUT2D eigenvalue weighted by Gasteiger charge is -2.13. The highest BCUT2D eigenvalue weighted by Crippen LogP contribution is 2.07. The molecule has 0 amide bonds. The second kappa shape index (κ2) is 13.7. The molecule has 3 N–H and O–H groups in total. The molecule has 0 spiro atoms. The Hall–Kier alpha value is -1.67. The van der Waals surface area contributed by atoms with Crippen LogP contribution in [0.3, 0.4) is 0 Å². The fourth-order valence-corrected chi connectivity index (χ4v) is 1.88. The smallest absolute Gasteiger partial charge is 0.335 e. The molecule has 8 heteroatoms. The number of carboxylic acid groups (broad SMARTS) is 1. The first-order chi connectivity index (χ1) is 11.4. The summed E-state index contributed by atoms with van der Waals surface area (Å²) in [6, 6.07) is 0. The van der Waals surface area contributed by atoms with Crippen molar-refractivity contribution in [1.82, 2.24) is 0 Å². The number of ether oxygens (including phenoxy) is 2. The molecular formula is C16H28O8. The monoisotopic (exact) mass is 348 g/mol. The summed E-state index contributed by atoms with van der Waals surface area (Å²) in [4.78, 5) is 33.0. The maximum Gasteiger partial charge on any atom is 0.335 e. The van der Waals surface area contributed by atoms with Crippen molar-refractivity contribution >= 4 is 17.9 Å². The summed E-state index contributed by atoms with van der Waals surface area (Å²) in [6.45, 7) is 1.32. The summed E-state index contributed by atoms with van der Waals surface area (Å²) < 4.78 is 9.39. The van der Waals surface area contributed by atoms with E-state index in [1.807, 2.05) is 0 Å². The van der Waals surface area contributed by atoms with E-state index in [1.165, 1.54) is 6.42 Å². The highest BCUT2D eigenvalue weighted by molar-refractivity contribution is 5.80. The molecule has 0 rings (SSSR count). The molecule has 24 heavy (non-hydrogen) atoms. The maximum absolute atomic E-state index is 11.5. The first-order valence-corrected chi connectivity index (χ1v) is 8.27. The summed E-state index contributed by atoms with van der Waals surface area (Å²) in [6.07, 6.45) is 2.77. The largest absolute Gasteiger partial charge is 0.481 e. The average Bonchev–Trinajstić information content (AvgIpc) is 2.53. The predicted molar refractivity (Wildman–Crippen MR) is 84.2 cm³/mol. The van der Waals surface area contributed by atoms with Crippen molar-refractivity contribution < 1.29 is 39.2 Å². The number of aliphatic hydroxyl groups is 2. The van der Waals surface area contributed by atoms with E-state index in [2.05, 4.69) is 11.7 Å². The predicted octanol–water partition coefficient (Wildman–Crippen LogP) is 1.02. The summed E-state index contributed by atoms with van der Waals surface area (Å²) in [5.74, 6) is -2.92. The number of carbonyl (C=O) groups is 3. The molecule has 0 aliphatic rings. The fraction of sp³-hybridized carbons (Fsp3) is 0.812. The molecule has 0 saturated heterocycles. The minimum atomic E-state index is -1.79. The second-order valence-corrected chi connectivity index (χ2v) is 5.60. The Kier molecular flexibility index (Phi) is 12.8. The summed E-state index contributed by atoms with van der Waals surface area (Å²) in [5.41, 5.74) is 0. The van der Waals surface area contributed by atoms with Gasteiger partial charge in [-0.2, -0.15) is 0 Å².